The van der Waals surface area contributed by atoms with Crippen molar-refractivity contribution in [3.05, 3.63) is 53.0 Å². The summed E-state index contributed by atoms with van der Waals surface area (Å²) in [5.74, 6) is -0.487. The molecule has 5 atom stereocenters. The number of carbonyl (C=O) groups is 3. The van der Waals surface area contributed by atoms with Crippen LogP contribution in [0.15, 0.2) is 30.3 Å². The number of pyridine rings is 1. The third-order valence-corrected chi connectivity index (χ3v) is 10.5. The number of rotatable bonds is 7. The van der Waals surface area contributed by atoms with Gasteiger partial charge in [0.1, 0.15) is 29.4 Å². The van der Waals surface area contributed by atoms with E-state index in [2.05, 4.69) is 23.6 Å². The number of nitrogens with zero attached hydrogens (tertiary/aromatic N) is 6. The van der Waals surface area contributed by atoms with Gasteiger partial charge < -0.3 is 33.6 Å². The van der Waals surface area contributed by atoms with Crippen molar-refractivity contribution in [2.75, 3.05) is 77.2 Å². The first kappa shape index (κ1) is 38.9. The molecule has 6 rings (SSSR count). The van der Waals surface area contributed by atoms with Crippen LogP contribution in [0.1, 0.15) is 70.1 Å². The molecule has 0 saturated carbocycles. The Bertz CT molecular complexity index is 1620. The van der Waals surface area contributed by atoms with Crippen LogP contribution in [0.4, 0.5) is 14.9 Å². The quantitative estimate of drug-likeness (QED) is 0.415. The average Bonchev–Trinajstić information content (AvgIpc) is 3.10. The summed E-state index contributed by atoms with van der Waals surface area (Å²) in [6.45, 7) is 18.7. The number of halogens is 1. The Kier molecular flexibility index (Phi) is 11.9. The summed E-state index contributed by atoms with van der Waals surface area (Å²) in [4.78, 5) is 56.5. The van der Waals surface area contributed by atoms with Crippen LogP contribution < -0.4 is 9.64 Å². The Morgan fingerprint density at radius 3 is 2.25 bits per heavy atom. The van der Waals surface area contributed by atoms with Crippen LogP contribution in [0, 0.1) is 5.82 Å². The summed E-state index contributed by atoms with van der Waals surface area (Å²) >= 11 is 0. The standard InChI is InChI=1S/C39H55FN6O7/c1-25-18-43(32(19-44-26(2)22-51-23-27(44)3)20-45(25)38(49)53-39(5,6)7)21-34(47)46-28(4)24-52-36-33(46)17-30(16-29-8-10-31(40)11-9-29)35(41-36)37(48)42-12-14-50-15-13-42/h8-11,17,25-28,32H,12-16,18-24H2,1-7H3/t25-,26-,27-,28+,32+/m1/s1. The summed E-state index contributed by atoms with van der Waals surface area (Å²) in [7, 11) is 0. The molecule has 4 aliphatic heterocycles. The highest BCUT2D eigenvalue weighted by Crippen LogP contribution is 2.36. The first-order valence-electron chi connectivity index (χ1n) is 18.9. The number of hydrogen-bond acceptors (Lipinski definition) is 10. The van der Waals surface area contributed by atoms with Crippen molar-refractivity contribution in [3.8, 4) is 5.88 Å². The highest BCUT2D eigenvalue weighted by atomic mass is 19.1. The van der Waals surface area contributed by atoms with Gasteiger partial charge in [0, 0.05) is 56.9 Å². The SMILES string of the molecule is C[C@@H]1CN(CC(=O)N2c3cc(Cc4ccc(F)cc4)c(C(=O)N4CCOCC4)nc3OC[C@@H]2C)[C@@H](CN2[C@H](C)COC[C@H]2C)CN1C(=O)OC(C)(C)C. The van der Waals surface area contributed by atoms with Crippen molar-refractivity contribution in [1.82, 2.24) is 24.6 Å². The van der Waals surface area contributed by atoms with Gasteiger partial charge in [0.2, 0.25) is 11.8 Å². The Balaban J connectivity index is 1.30. The molecule has 1 aromatic carbocycles. The van der Waals surface area contributed by atoms with Gasteiger partial charge in [-0.25, -0.2) is 14.2 Å². The smallest absolute Gasteiger partial charge is 0.410 e. The van der Waals surface area contributed by atoms with E-state index in [1.165, 1.54) is 12.1 Å². The van der Waals surface area contributed by atoms with Crippen molar-refractivity contribution >= 4 is 23.6 Å². The molecule has 4 aliphatic rings. The largest absolute Gasteiger partial charge is 0.474 e. The van der Waals surface area contributed by atoms with Crippen LogP contribution >= 0.6 is 0 Å². The summed E-state index contributed by atoms with van der Waals surface area (Å²) in [6, 6.07) is 7.70. The molecule has 2 aromatic rings. The van der Waals surface area contributed by atoms with Crippen LogP contribution in [0.5, 0.6) is 5.88 Å². The van der Waals surface area contributed by atoms with Gasteiger partial charge in [0.05, 0.1) is 39.0 Å². The van der Waals surface area contributed by atoms with Crippen molar-refractivity contribution in [2.24, 2.45) is 0 Å². The van der Waals surface area contributed by atoms with Crippen molar-refractivity contribution in [2.45, 2.75) is 90.7 Å². The number of carbonyl (C=O) groups excluding carboxylic acids is 3. The second kappa shape index (κ2) is 16.3. The molecule has 3 saturated heterocycles. The fraction of sp³-hybridized carbons (Fsp3) is 0.641. The lowest BCUT2D eigenvalue weighted by Crippen LogP contribution is -2.65. The lowest BCUT2D eigenvalue weighted by Gasteiger charge is -2.49. The molecule has 14 heteroatoms. The zero-order chi connectivity index (χ0) is 38.0. The summed E-state index contributed by atoms with van der Waals surface area (Å²) in [5.41, 5.74) is 1.53. The molecule has 0 bridgehead atoms. The number of fused-ring (bicyclic) bond motifs is 1. The Morgan fingerprint density at radius 2 is 1.58 bits per heavy atom. The Labute approximate surface area is 312 Å². The zero-order valence-corrected chi connectivity index (χ0v) is 32.2. The van der Waals surface area contributed by atoms with E-state index in [-0.39, 0.29) is 78.7 Å². The molecule has 1 aromatic heterocycles. The van der Waals surface area contributed by atoms with E-state index in [9.17, 15) is 18.8 Å². The van der Waals surface area contributed by atoms with Crippen LogP contribution in [-0.4, -0.2) is 151 Å². The third kappa shape index (κ3) is 9.10. The molecule has 0 N–H and O–H groups in total. The van der Waals surface area contributed by atoms with Crippen LogP contribution in [0.3, 0.4) is 0 Å². The number of hydrogen-bond donors (Lipinski definition) is 0. The normalized spacial score (nSPS) is 25.8. The van der Waals surface area contributed by atoms with E-state index in [4.69, 9.17) is 23.9 Å². The fourth-order valence-corrected chi connectivity index (χ4v) is 7.69. The topological polar surface area (TPSA) is 117 Å². The number of morpholine rings is 2. The molecular weight excluding hydrogens is 683 g/mol. The highest BCUT2D eigenvalue weighted by Gasteiger charge is 2.41. The number of piperazine rings is 1. The first-order chi connectivity index (χ1) is 25.2. The van der Waals surface area contributed by atoms with E-state index in [0.717, 1.165) is 5.56 Å². The monoisotopic (exact) mass is 738 g/mol. The fourth-order valence-electron chi connectivity index (χ4n) is 7.69. The molecule has 13 nitrogen and oxygen atoms in total. The van der Waals surface area contributed by atoms with Crippen molar-refractivity contribution in [1.29, 1.82) is 0 Å². The van der Waals surface area contributed by atoms with Crippen LogP contribution in [0.25, 0.3) is 0 Å². The zero-order valence-electron chi connectivity index (χ0n) is 32.2. The first-order valence-corrected chi connectivity index (χ1v) is 18.9. The maximum absolute atomic E-state index is 14.6. The highest BCUT2D eigenvalue weighted by molar-refractivity contribution is 5.99. The van der Waals surface area contributed by atoms with Crippen LogP contribution in [0.2, 0.25) is 0 Å². The Hall–Kier alpha value is -3.85. The predicted molar refractivity (Wildman–Crippen MR) is 197 cm³/mol. The van der Waals surface area contributed by atoms with Gasteiger partial charge in [-0.2, -0.15) is 0 Å². The molecule has 0 radical (unpaired) electrons. The summed E-state index contributed by atoms with van der Waals surface area (Å²) < 4.78 is 37.0. The molecule has 0 unspecified atom stereocenters. The molecule has 290 valence electrons. The number of aromatic nitrogens is 1. The number of benzene rings is 1. The van der Waals surface area contributed by atoms with E-state index in [1.54, 1.807) is 26.8 Å². The molecule has 3 fully saturated rings. The molecule has 53 heavy (non-hydrogen) atoms. The van der Waals surface area contributed by atoms with Gasteiger partial charge in [-0.1, -0.05) is 12.1 Å². The predicted octanol–water partition coefficient (Wildman–Crippen LogP) is 3.82. The second-order valence-electron chi connectivity index (χ2n) is 15.9. The number of ether oxygens (including phenoxy) is 4. The summed E-state index contributed by atoms with van der Waals surface area (Å²) in [6.07, 6.45) is -0.0493. The minimum absolute atomic E-state index is 0.107. The molecule has 0 spiro atoms. The lowest BCUT2D eigenvalue weighted by atomic mass is 10.0. The van der Waals surface area contributed by atoms with Gasteiger partial charge in [-0.15, -0.1) is 0 Å². The van der Waals surface area contributed by atoms with Crippen molar-refractivity contribution in [3.63, 3.8) is 0 Å². The number of amides is 3. The maximum Gasteiger partial charge on any atom is 0.410 e. The molecule has 0 aliphatic carbocycles. The van der Waals surface area contributed by atoms with Gasteiger partial charge in [-0.05, 0) is 84.2 Å². The van der Waals surface area contributed by atoms with Crippen molar-refractivity contribution < 1.29 is 37.7 Å². The van der Waals surface area contributed by atoms with E-state index < -0.39 is 5.60 Å². The average molecular weight is 739 g/mol. The van der Waals surface area contributed by atoms with E-state index >= 15 is 0 Å². The summed E-state index contributed by atoms with van der Waals surface area (Å²) in [5, 5.41) is 0. The van der Waals surface area contributed by atoms with E-state index in [0.29, 0.717) is 76.8 Å². The van der Waals surface area contributed by atoms with Gasteiger partial charge in [0.25, 0.3) is 5.91 Å². The lowest BCUT2D eigenvalue weighted by molar-refractivity contribution is -0.123. The number of anilines is 1. The maximum atomic E-state index is 14.6. The second-order valence-corrected chi connectivity index (χ2v) is 15.9. The minimum atomic E-state index is -0.636. The van der Waals surface area contributed by atoms with Gasteiger partial charge >= 0.3 is 6.09 Å². The minimum Gasteiger partial charge on any atom is -0.474 e. The third-order valence-electron chi connectivity index (χ3n) is 10.5. The van der Waals surface area contributed by atoms with E-state index in [1.807, 2.05) is 40.7 Å². The molecule has 3 amide bonds. The molecule has 5 heterocycles. The Morgan fingerprint density at radius 1 is 0.906 bits per heavy atom. The van der Waals surface area contributed by atoms with Gasteiger partial charge in [0.15, 0.2) is 0 Å². The van der Waals surface area contributed by atoms with Crippen LogP contribution in [-0.2, 0) is 25.4 Å². The van der Waals surface area contributed by atoms with Gasteiger partial charge in [-0.3, -0.25) is 19.4 Å². The molecular formula is C39H55FN6O7.